The Bertz CT molecular complexity index is 960. The van der Waals surface area contributed by atoms with Crippen LogP contribution in [-0.4, -0.2) is 34.4 Å². The van der Waals surface area contributed by atoms with Crippen LogP contribution in [0.1, 0.15) is 28.8 Å². The lowest BCUT2D eigenvalue weighted by Crippen LogP contribution is -2.17. The molecule has 0 radical (unpaired) electrons. The average Bonchev–Trinajstić information content (AvgIpc) is 3.36. The summed E-state index contributed by atoms with van der Waals surface area (Å²) >= 11 is 0. The van der Waals surface area contributed by atoms with Crippen molar-refractivity contribution in [3.05, 3.63) is 59.5 Å². The van der Waals surface area contributed by atoms with Crippen LogP contribution >= 0.6 is 0 Å². The molecule has 4 rings (SSSR count). The number of anilines is 1. The van der Waals surface area contributed by atoms with E-state index in [2.05, 4.69) is 27.3 Å². The number of hydrogen-bond donors (Lipinski definition) is 0. The molecule has 0 atom stereocenters. The van der Waals surface area contributed by atoms with E-state index < -0.39 is 5.82 Å². The molecule has 3 aromatic rings. The molecule has 1 aliphatic heterocycles. The van der Waals surface area contributed by atoms with Crippen LogP contribution in [0.4, 0.5) is 10.1 Å². The molecule has 1 saturated heterocycles. The molecule has 5 nitrogen and oxygen atoms in total. The number of hydrogen-bond acceptors (Lipinski definition) is 4. The van der Waals surface area contributed by atoms with Crippen LogP contribution in [-0.2, 0) is 0 Å². The van der Waals surface area contributed by atoms with E-state index in [9.17, 15) is 9.18 Å². The Labute approximate surface area is 151 Å². The molecule has 0 saturated carbocycles. The minimum atomic E-state index is -0.433. The third-order valence-corrected chi connectivity index (χ3v) is 4.87. The topological polar surface area (TPSA) is 51.0 Å². The van der Waals surface area contributed by atoms with Gasteiger partial charge in [-0.25, -0.2) is 9.07 Å². The summed E-state index contributed by atoms with van der Waals surface area (Å²) in [7, 11) is 0. The highest BCUT2D eigenvalue weighted by atomic mass is 19.1. The summed E-state index contributed by atoms with van der Waals surface area (Å²) in [4.78, 5) is 13.5. The van der Waals surface area contributed by atoms with Gasteiger partial charge in [0.05, 0.1) is 11.9 Å². The van der Waals surface area contributed by atoms with Crippen LogP contribution in [0.3, 0.4) is 0 Å². The van der Waals surface area contributed by atoms with Crippen LogP contribution < -0.4 is 4.90 Å². The first-order valence-corrected chi connectivity index (χ1v) is 8.69. The van der Waals surface area contributed by atoms with Crippen molar-refractivity contribution in [2.45, 2.75) is 19.8 Å². The van der Waals surface area contributed by atoms with Gasteiger partial charge in [0, 0.05) is 29.9 Å². The monoisotopic (exact) mass is 350 g/mol. The molecule has 2 aromatic carbocycles. The summed E-state index contributed by atoms with van der Waals surface area (Å²) in [5.74, 6) is -0.433. The van der Waals surface area contributed by atoms with Gasteiger partial charge in [-0.15, -0.1) is 5.10 Å². The molecule has 1 aromatic heterocycles. The quantitative estimate of drug-likeness (QED) is 0.672. The van der Waals surface area contributed by atoms with Crippen molar-refractivity contribution in [3.63, 3.8) is 0 Å². The van der Waals surface area contributed by atoms with Gasteiger partial charge in [0.15, 0.2) is 0 Å². The van der Waals surface area contributed by atoms with Crippen LogP contribution in [0.15, 0.2) is 42.6 Å². The standard InChI is InChI=1S/C20H19FN4O/c1-14-16(13-26)10-18(11-19(14)21)25-12-20(22-23-25)15-5-4-6-17(9-15)24-7-2-3-8-24/h4-6,9-13H,2-3,7-8H2,1H3. The van der Waals surface area contributed by atoms with E-state index in [1.165, 1.54) is 29.3 Å². The molecule has 0 bridgehead atoms. The Morgan fingerprint density at radius 2 is 1.92 bits per heavy atom. The Morgan fingerprint density at radius 3 is 2.69 bits per heavy atom. The lowest BCUT2D eigenvalue weighted by atomic mass is 10.1. The van der Waals surface area contributed by atoms with Gasteiger partial charge in [0.25, 0.3) is 0 Å². The minimum Gasteiger partial charge on any atom is -0.372 e. The van der Waals surface area contributed by atoms with E-state index in [0.29, 0.717) is 28.8 Å². The van der Waals surface area contributed by atoms with E-state index in [4.69, 9.17) is 0 Å². The molecule has 0 aliphatic carbocycles. The van der Waals surface area contributed by atoms with Crippen molar-refractivity contribution in [3.8, 4) is 16.9 Å². The van der Waals surface area contributed by atoms with Crippen molar-refractivity contribution < 1.29 is 9.18 Å². The summed E-state index contributed by atoms with van der Waals surface area (Å²) in [6.07, 6.45) is 4.85. The van der Waals surface area contributed by atoms with Gasteiger partial charge in [0.1, 0.15) is 17.8 Å². The minimum absolute atomic E-state index is 0.313. The van der Waals surface area contributed by atoms with Crippen molar-refractivity contribution in [1.82, 2.24) is 15.0 Å². The first kappa shape index (κ1) is 16.4. The van der Waals surface area contributed by atoms with E-state index in [1.54, 1.807) is 19.2 Å². The molecule has 0 N–H and O–H groups in total. The first-order chi connectivity index (χ1) is 12.7. The number of carbonyl (C=O) groups excluding carboxylic acids is 1. The summed E-state index contributed by atoms with van der Waals surface area (Å²) in [5.41, 5.74) is 3.97. The summed E-state index contributed by atoms with van der Waals surface area (Å²) < 4.78 is 15.5. The highest BCUT2D eigenvalue weighted by Crippen LogP contribution is 2.26. The van der Waals surface area contributed by atoms with Crippen molar-refractivity contribution >= 4 is 12.0 Å². The molecule has 2 heterocycles. The van der Waals surface area contributed by atoms with Crippen LogP contribution in [0.5, 0.6) is 0 Å². The fourth-order valence-corrected chi connectivity index (χ4v) is 3.30. The van der Waals surface area contributed by atoms with Crippen molar-refractivity contribution in [2.24, 2.45) is 0 Å². The van der Waals surface area contributed by atoms with E-state index in [0.717, 1.165) is 18.7 Å². The van der Waals surface area contributed by atoms with Crippen LogP contribution in [0.25, 0.3) is 16.9 Å². The van der Waals surface area contributed by atoms with Crippen molar-refractivity contribution in [1.29, 1.82) is 0 Å². The van der Waals surface area contributed by atoms with Gasteiger partial charge in [-0.3, -0.25) is 4.79 Å². The lowest BCUT2D eigenvalue weighted by molar-refractivity contribution is 0.112. The number of nitrogens with zero attached hydrogens (tertiary/aromatic N) is 4. The van der Waals surface area contributed by atoms with Gasteiger partial charge in [0.2, 0.25) is 0 Å². The van der Waals surface area contributed by atoms with Gasteiger partial charge in [-0.2, -0.15) is 0 Å². The van der Waals surface area contributed by atoms with Gasteiger partial charge in [-0.1, -0.05) is 17.3 Å². The Morgan fingerprint density at radius 1 is 1.12 bits per heavy atom. The highest BCUT2D eigenvalue weighted by molar-refractivity contribution is 5.78. The molecule has 1 fully saturated rings. The Hall–Kier alpha value is -3.02. The van der Waals surface area contributed by atoms with Crippen LogP contribution in [0.2, 0.25) is 0 Å². The number of carbonyl (C=O) groups is 1. The second-order valence-electron chi connectivity index (χ2n) is 6.55. The second-order valence-corrected chi connectivity index (χ2v) is 6.55. The van der Waals surface area contributed by atoms with E-state index in [-0.39, 0.29) is 0 Å². The summed E-state index contributed by atoms with van der Waals surface area (Å²) in [5, 5.41) is 8.33. The zero-order valence-electron chi connectivity index (χ0n) is 14.5. The number of halogens is 1. The zero-order valence-corrected chi connectivity index (χ0v) is 14.5. The largest absolute Gasteiger partial charge is 0.372 e. The molecule has 6 heteroatoms. The van der Waals surface area contributed by atoms with Crippen molar-refractivity contribution in [2.75, 3.05) is 18.0 Å². The Kier molecular flexibility index (Phi) is 4.24. The predicted octanol–water partition coefficient (Wildman–Crippen LogP) is 3.79. The van der Waals surface area contributed by atoms with E-state index >= 15 is 0 Å². The van der Waals surface area contributed by atoms with Gasteiger partial charge in [-0.05, 0) is 49.6 Å². The normalized spacial score (nSPS) is 14.0. The molecule has 132 valence electrons. The number of benzene rings is 2. The molecular weight excluding hydrogens is 331 g/mol. The molecular formula is C20H19FN4O. The molecule has 0 unspecified atom stereocenters. The van der Waals surface area contributed by atoms with Crippen LogP contribution in [0, 0.1) is 12.7 Å². The Balaban J connectivity index is 1.67. The average molecular weight is 350 g/mol. The zero-order chi connectivity index (χ0) is 18.1. The first-order valence-electron chi connectivity index (χ1n) is 8.69. The van der Waals surface area contributed by atoms with Gasteiger partial charge >= 0.3 is 0 Å². The third-order valence-electron chi connectivity index (χ3n) is 4.87. The maximum absolute atomic E-state index is 14.0. The maximum atomic E-state index is 14.0. The number of rotatable bonds is 4. The fourth-order valence-electron chi connectivity index (χ4n) is 3.30. The number of aromatic nitrogens is 3. The lowest BCUT2D eigenvalue weighted by Gasteiger charge is -2.17. The van der Waals surface area contributed by atoms with E-state index in [1.807, 2.05) is 12.1 Å². The SMILES string of the molecule is Cc1c(F)cc(-n2cc(-c3cccc(N4CCCC4)c3)nn2)cc1C=O. The molecule has 0 amide bonds. The summed E-state index contributed by atoms with van der Waals surface area (Å²) in [6.45, 7) is 3.74. The highest BCUT2D eigenvalue weighted by Gasteiger charge is 2.14. The second kappa shape index (κ2) is 6.71. The molecule has 0 spiro atoms. The predicted molar refractivity (Wildman–Crippen MR) is 98.3 cm³/mol. The number of aldehydes is 1. The summed E-state index contributed by atoms with van der Waals surface area (Å²) in [6, 6.07) is 11.2. The molecule has 1 aliphatic rings. The molecule has 26 heavy (non-hydrogen) atoms. The smallest absolute Gasteiger partial charge is 0.150 e. The van der Waals surface area contributed by atoms with Gasteiger partial charge < -0.3 is 4.90 Å². The third kappa shape index (κ3) is 2.98. The maximum Gasteiger partial charge on any atom is 0.150 e. The fraction of sp³-hybridized carbons (Fsp3) is 0.250.